The summed E-state index contributed by atoms with van der Waals surface area (Å²) >= 11 is 0. The fourth-order valence-corrected chi connectivity index (χ4v) is 5.32. The molecule has 0 aromatic heterocycles. The third-order valence-corrected chi connectivity index (χ3v) is 7.43. The lowest BCUT2D eigenvalue weighted by molar-refractivity contribution is -0.141. The first-order valence-electron chi connectivity index (χ1n) is 12.6. The predicted molar refractivity (Wildman–Crippen MR) is 131 cm³/mol. The van der Waals surface area contributed by atoms with Crippen LogP contribution in [0.25, 0.3) is 0 Å². The van der Waals surface area contributed by atoms with Crippen molar-refractivity contribution in [2.75, 3.05) is 62.3 Å². The van der Waals surface area contributed by atoms with Gasteiger partial charge in [-0.05, 0) is 81.6 Å². The van der Waals surface area contributed by atoms with E-state index in [1.165, 1.54) is 36.9 Å². The van der Waals surface area contributed by atoms with Gasteiger partial charge in [-0.15, -0.1) is 0 Å². The Bertz CT molecular complexity index is 1020. The van der Waals surface area contributed by atoms with Crippen molar-refractivity contribution in [2.45, 2.75) is 37.7 Å². The summed E-state index contributed by atoms with van der Waals surface area (Å²) in [5.74, 6) is -1.22. The van der Waals surface area contributed by atoms with Gasteiger partial charge in [-0.1, -0.05) is 0 Å². The Morgan fingerprint density at radius 3 is 2.34 bits per heavy atom. The van der Waals surface area contributed by atoms with Crippen LogP contribution in [0, 0.1) is 11.6 Å². The van der Waals surface area contributed by atoms with Gasteiger partial charge in [-0.25, -0.2) is 8.78 Å². The van der Waals surface area contributed by atoms with Crippen molar-refractivity contribution < 1.29 is 23.0 Å². The predicted octanol–water partition coefficient (Wildman–Crippen LogP) is 4.23. The molecule has 2 aromatic rings. The van der Waals surface area contributed by atoms with Gasteiger partial charge in [-0.2, -0.15) is 0 Å². The molecule has 1 amide bonds. The van der Waals surface area contributed by atoms with E-state index in [-0.39, 0.29) is 12.5 Å². The molecule has 3 fully saturated rings. The molecule has 0 aliphatic carbocycles. The van der Waals surface area contributed by atoms with Gasteiger partial charge in [0.1, 0.15) is 12.4 Å². The molecule has 3 aliphatic rings. The van der Waals surface area contributed by atoms with E-state index >= 15 is 0 Å². The average Bonchev–Trinajstić information content (AvgIpc) is 3.40. The molecule has 0 atom stereocenters. The number of piperidine rings is 1. The van der Waals surface area contributed by atoms with Crippen molar-refractivity contribution in [3.8, 4) is 5.75 Å². The van der Waals surface area contributed by atoms with E-state index in [0.29, 0.717) is 12.2 Å². The van der Waals surface area contributed by atoms with Crippen LogP contribution in [0.2, 0.25) is 0 Å². The number of halogens is 2. The number of anilines is 2. The fraction of sp³-hybridized carbons (Fsp3) is 0.519. The van der Waals surface area contributed by atoms with E-state index in [1.807, 2.05) is 12.1 Å². The van der Waals surface area contributed by atoms with Crippen LogP contribution in [-0.4, -0.2) is 68.9 Å². The minimum Gasteiger partial charge on any atom is -0.494 e. The van der Waals surface area contributed by atoms with Gasteiger partial charge >= 0.3 is 0 Å². The number of rotatable bonds is 7. The van der Waals surface area contributed by atoms with E-state index in [2.05, 4.69) is 21.9 Å². The molecule has 0 bridgehead atoms. The lowest BCUT2D eigenvalue weighted by Gasteiger charge is -2.47. The lowest BCUT2D eigenvalue weighted by Crippen LogP contribution is -2.59. The average molecular weight is 486 g/mol. The molecule has 2 aromatic carbocycles. The van der Waals surface area contributed by atoms with Gasteiger partial charge in [0.25, 0.3) is 5.91 Å². The van der Waals surface area contributed by atoms with Crippen LogP contribution >= 0.6 is 0 Å². The molecule has 5 rings (SSSR count). The Balaban J connectivity index is 1.13. The van der Waals surface area contributed by atoms with Crippen LogP contribution in [0.1, 0.15) is 32.1 Å². The van der Waals surface area contributed by atoms with Crippen molar-refractivity contribution >= 4 is 17.3 Å². The number of likely N-dealkylation sites (tertiary alicyclic amines) is 1. The molecular formula is C27H33F2N3O3. The van der Waals surface area contributed by atoms with E-state index in [4.69, 9.17) is 9.47 Å². The number of ether oxygens (including phenoxy) is 2. The first kappa shape index (κ1) is 24.0. The number of amides is 1. The highest BCUT2D eigenvalue weighted by atomic mass is 19.2. The molecular weight excluding hydrogens is 452 g/mol. The number of carbonyl (C=O) groups excluding carboxylic acids is 1. The fourth-order valence-electron chi connectivity index (χ4n) is 5.32. The topological polar surface area (TPSA) is 45.2 Å². The molecule has 3 aliphatic heterocycles. The molecule has 0 unspecified atom stereocenters. The maximum atomic E-state index is 13.8. The van der Waals surface area contributed by atoms with Crippen LogP contribution in [0.4, 0.5) is 20.2 Å². The maximum Gasteiger partial charge on any atom is 0.253 e. The van der Waals surface area contributed by atoms with Gasteiger partial charge < -0.3 is 24.2 Å². The monoisotopic (exact) mass is 485 g/mol. The minimum atomic E-state index is -0.954. The minimum absolute atomic E-state index is 0.0528. The van der Waals surface area contributed by atoms with E-state index in [1.54, 1.807) is 0 Å². The van der Waals surface area contributed by atoms with Crippen LogP contribution in [-0.2, 0) is 9.53 Å². The number of benzene rings is 2. The quantitative estimate of drug-likeness (QED) is 0.550. The lowest BCUT2D eigenvalue weighted by atomic mass is 9.88. The van der Waals surface area contributed by atoms with Crippen LogP contribution in [0.15, 0.2) is 42.5 Å². The Morgan fingerprint density at radius 2 is 1.63 bits per heavy atom. The zero-order valence-electron chi connectivity index (χ0n) is 20.1. The van der Waals surface area contributed by atoms with E-state index in [9.17, 15) is 13.6 Å². The number of carbonyl (C=O) groups is 1. The molecule has 0 radical (unpaired) electrons. The standard InChI is InChI=1S/C27H33F2N3O3/c28-24-9-6-22(18-25(24)29)32-20-27(35-19-26(32)33)10-15-31(16-11-27)21-4-7-23(8-5-21)34-17-3-14-30-12-1-2-13-30/h4-9,18H,1-3,10-17,19-20H2. The summed E-state index contributed by atoms with van der Waals surface area (Å²) in [4.78, 5) is 18.8. The molecule has 3 saturated heterocycles. The number of morpholine rings is 1. The zero-order valence-corrected chi connectivity index (χ0v) is 20.1. The highest BCUT2D eigenvalue weighted by Gasteiger charge is 2.43. The smallest absolute Gasteiger partial charge is 0.253 e. The molecule has 3 heterocycles. The van der Waals surface area contributed by atoms with Crippen molar-refractivity contribution in [2.24, 2.45) is 0 Å². The summed E-state index contributed by atoms with van der Waals surface area (Å²) in [5, 5.41) is 0. The SMILES string of the molecule is O=C1COC2(CCN(c3ccc(OCCCN4CCCC4)cc3)CC2)CN1c1ccc(F)c(F)c1. The van der Waals surface area contributed by atoms with Gasteiger partial charge in [-0.3, -0.25) is 4.79 Å². The number of hydrogen-bond donors (Lipinski definition) is 0. The Hall–Kier alpha value is -2.71. The second kappa shape index (κ2) is 10.5. The summed E-state index contributed by atoms with van der Waals surface area (Å²) in [5.41, 5.74) is 1.02. The first-order valence-corrected chi connectivity index (χ1v) is 12.6. The normalized spacial score (nSPS) is 20.6. The van der Waals surface area contributed by atoms with Crippen LogP contribution < -0.4 is 14.5 Å². The molecule has 188 valence electrons. The molecule has 0 saturated carbocycles. The van der Waals surface area contributed by atoms with Crippen molar-refractivity contribution in [1.82, 2.24) is 4.90 Å². The second-order valence-electron chi connectivity index (χ2n) is 9.78. The Labute approximate surface area is 205 Å². The molecule has 8 heteroatoms. The summed E-state index contributed by atoms with van der Waals surface area (Å²) in [7, 11) is 0. The largest absolute Gasteiger partial charge is 0.494 e. The van der Waals surface area contributed by atoms with E-state index < -0.39 is 17.2 Å². The highest BCUT2D eigenvalue weighted by Crippen LogP contribution is 2.35. The number of hydrogen-bond acceptors (Lipinski definition) is 5. The first-order chi connectivity index (χ1) is 17.0. The van der Waals surface area contributed by atoms with Crippen molar-refractivity contribution in [1.29, 1.82) is 0 Å². The maximum absolute atomic E-state index is 13.8. The van der Waals surface area contributed by atoms with Gasteiger partial charge in [0.05, 0.1) is 18.8 Å². The van der Waals surface area contributed by atoms with Crippen molar-refractivity contribution in [3.05, 3.63) is 54.1 Å². The second-order valence-corrected chi connectivity index (χ2v) is 9.78. The Morgan fingerprint density at radius 1 is 0.914 bits per heavy atom. The summed E-state index contributed by atoms with van der Waals surface area (Å²) < 4.78 is 39.0. The zero-order chi connectivity index (χ0) is 24.3. The highest BCUT2D eigenvalue weighted by molar-refractivity contribution is 5.95. The molecule has 1 spiro atoms. The van der Waals surface area contributed by atoms with Crippen molar-refractivity contribution in [3.63, 3.8) is 0 Å². The van der Waals surface area contributed by atoms with E-state index in [0.717, 1.165) is 69.1 Å². The molecule has 6 nitrogen and oxygen atoms in total. The third-order valence-electron chi connectivity index (χ3n) is 7.43. The van der Waals surface area contributed by atoms with Gasteiger partial charge in [0.15, 0.2) is 11.6 Å². The molecule has 0 N–H and O–H groups in total. The van der Waals surface area contributed by atoms with Crippen LogP contribution in [0.3, 0.4) is 0 Å². The summed E-state index contributed by atoms with van der Waals surface area (Å²) in [6, 6.07) is 11.8. The van der Waals surface area contributed by atoms with Crippen LogP contribution in [0.5, 0.6) is 5.75 Å². The summed E-state index contributed by atoms with van der Waals surface area (Å²) in [6.07, 6.45) is 5.16. The van der Waals surface area contributed by atoms with Gasteiger partial charge in [0, 0.05) is 37.1 Å². The molecule has 35 heavy (non-hydrogen) atoms. The van der Waals surface area contributed by atoms with Gasteiger partial charge in [0.2, 0.25) is 0 Å². The summed E-state index contributed by atoms with van der Waals surface area (Å²) in [6.45, 7) is 6.14. The Kier molecular flexibility index (Phi) is 7.20. The number of nitrogens with zero attached hydrogens (tertiary/aromatic N) is 3. The third kappa shape index (κ3) is 5.59.